The third-order valence-corrected chi connectivity index (χ3v) is 28.4. The smallest absolute Gasteiger partial charge is 0.799 e. The molecule has 17 heteroatoms. The summed E-state index contributed by atoms with van der Waals surface area (Å²) in [6, 6.07) is 0. The topological polar surface area (TPSA) is 159 Å². The van der Waals surface area contributed by atoms with Gasteiger partial charge in [0.05, 0.1) is 0 Å². The van der Waals surface area contributed by atoms with Crippen LogP contribution in [0.5, 0.6) is 0 Å². The van der Waals surface area contributed by atoms with Crippen molar-refractivity contribution in [1.29, 1.82) is 0 Å². The first-order valence-electron chi connectivity index (χ1n) is 20.1. The quantitative estimate of drug-likeness (QED) is 0.145. The van der Waals surface area contributed by atoms with Crippen molar-refractivity contribution in [3.8, 4) is 0 Å². The second-order valence-corrected chi connectivity index (χ2v) is 32.5. The summed E-state index contributed by atoms with van der Waals surface area (Å²) >= 11 is -3.11. The van der Waals surface area contributed by atoms with E-state index in [1.807, 2.05) is 0 Å². The zero-order valence-corrected chi connectivity index (χ0v) is 40.2. The summed E-state index contributed by atoms with van der Waals surface area (Å²) in [5, 5.41) is 0. The Morgan fingerprint density at radius 2 is 0.538 bits per heavy atom. The Morgan fingerprint density at radius 3 is 0.692 bits per heavy atom. The van der Waals surface area contributed by atoms with Crippen LogP contribution in [0.15, 0.2) is 0 Å². The summed E-state index contributed by atoms with van der Waals surface area (Å²) in [5.74, 6) is 0. The minimum Gasteiger partial charge on any atom is -0.799 e. The summed E-state index contributed by atoms with van der Waals surface area (Å²) in [6.07, 6.45) is 25.6. The van der Waals surface area contributed by atoms with Crippen molar-refractivity contribution < 1.29 is 43.3 Å². The first-order valence-corrected chi connectivity index (χ1v) is 32.3. The minimum atomic E-state index is -3.11. The second kappa shape index (κ2) is 23.7. The Kier molecular flexibility index (Phi) is 23.0. The summed E-state index contributed by atoms with van der Waals surface area (Å²) in [4.78, 5) is 22.0. The molecular weight excluding hydrogens is 787 g/mol. The molecule has 0 bridgehead atoms. The maximum Gasteiger partial charge on any atom is 2.00 e. The van der Waals surface area contributed by atoms with E-state index in [2.05, 4.69) is 0 Å². The predicted molar refractivity (Wildman–Crippen MR) is 217 cm³/mol. The molecule has 0 spiro atoms. The second-order valence-electron chi connectivity index (χ2n) is 16.6. The molecule has 5 aliphatic rings. The Hall–Kier alpha value is 2.25. The predicted octanol–water partition coefficient (Wildman–Crippen LogP) is 10.5. The molecule has 0 radical (unpaired) electrons. The Balaban J connectivity index is 0.000000362. The van der Waals surface area contributed by atoms with E-state index >= 15 is 0 Å². The Morgan fingerprint density at radius 1 is 0.365 bits per heavy atom. The number of hydrogen-bond donors (Lipinski definition) is 0. The Bertz CT molecular complexity index is 1130. The van der Waals surface area contributed by atoms with Crippen LogP contribution in [0.2, 0.25) is 0 Å². The largest absolute Gasteiger partial charge is 2.00 e. The van der Waals surface area contributed by atoms with Gasteiger partial charge in [0.1, 0.15) is 0 Å². The van der Waals surface area contributed by atoms with Crippen LogP contribution in [0.4, 0.5) is 0 Å². The van der Waals surface area contributed by atoms with Gasteiger partial charge >= 0.3 is 38.2 Å². The third-order valence-electron chi connectivity index (χ3n) is 12.1. The van der Waals surface area contributed by atoms with E-state index in [4.69, 9.17) is 10.7 Å². The molecule has 0 aromatic carbocycles. The van der Waals surface area contributed by atoms with Gasteiger partial charge in [0, 0.05) is 51.7 Å². The summed E-state index contributed by atoms with van der Waals surface area (Å²) < 4.78 is 81.2. The van der Waals surface area contributed by atoms with Crippen LogP contribution < -0.4 is 9.79 Å². The fourth-order valence-corrected chi connectivity index (χ4v) is 22.8. The van der Waals surface area contributed by atoms with Gasteiger partial charge in [-0.15, -0.1) is 0 Å². The van der Waals surface area contributed by atoms with E-state index in [1.165, 1.54) is 45.4 Å². The molecule has 5 atom stereocenters. The van der Waals surface area contributed by atoms with Crippen LogP contribution in [0.25, 0.3) is 0 Å². The monoisotopic (exact) mass is 856 g/mol. The van der Waals surface area contributed by atoms with Crippen LogP contribution in [0, 0.1) is 0 Å². The number of hydrogen-bond acceptors (Lipinski definition) is 10. The van der Waals surface area contributed by atoms with Crippen LogP contribution in [0.1, 0.15) is 161 Å². The molecule has 0 heterocycles. The molecule has 5 saturated carbocycles. The Labute approximate surface area is 338 Å². The summed E-state index contributed by atoms with van der Waals surface area (Å²) in [7, 11) is -15.0. The van der Waals surface area contributed by atoms with Crippen LogP contribution in [0.3, 0.4) is 0 Å². The maximum atomic E-state index is 13.6. The standard InChI is InChI=1S/5C7H15O2P.Al.Mg/c5*1-10(8,9)7-5-3-2-4-6-7;;/h5*7H,2-6H2,1H3,(H,8,9);;/q;;;;;+3;+2/p-5. The van der Waals surface area contributed by atoms with E-state index < -0.39 is 52.0 Å². The van der Waals surface area contributed by atoms with Crippen molar-refractivity contribution in [2.75, 3.05) is 33.3 Å². The van der Waals surface area contributed by atoms with Gasteiger partial charge in [0.2, 0.25) is 0 Å². The summed E-state index contributed by atoms with van der Waals surface area (Å²) in [5.41, 5.74) is 0.00313. The van der Waals surface area contributed by atoms with Gasteiger partial charge in [0.15, 0.2) is 22.1 Å². The van der Waals surface area contributed by atoms with E-state index in [0.717, 1.165) is 128 Å². The first-order chi connectivity index (χ1) is 23.8. The van der Waals surface area contributed by atoms with Crippen LogP contribution >= 0.6 is 36.8 Å². The molecule has 300 valence electrons. The fourth-order valence-electron chi connectivity index (χ4n) is 8.58. The average Bonchev–Trinajstić information content (AvgIpc) is 3.09. The molecule has 0 aromatic rings. The molecule has 0 N–H and O–H groups in total. The van der Waals surface area contributed by atoms with Crippen molar-refractivity contribution >= 4 is 75.0 Å². The van der Waals surface area contributed by atoms with Crippen LogP contribution in [-0.2, 0) is 33.6 Å². The molecule has 0 amide bonds. The molecule has 0 aliphatic heterocycles. The van der Waals surface area contributed by atoms with E-state index in [0.29, 0.717) is 0 Å². The van der Waals surface area contributed by atoms with Gasteiger partial charge in [-0.25, -0.2) is 0 Å². The minimum absolute atomic E-state index is 0. The van der Waals surface area contributed by atoms with Crippen molar-refractivity contribution in [2.45, 2.75) is 189 Å². The third kappa shape index (κ3) is 18.0. The zero-order chi connectivity index (χ0) is 37.8. The fraction of sp³-hybridized carbons (Fsp3) is 1.00. The summed E-state index contributed by atoms with van der Waals surface area (Å²) in [6.45, 7) is 7.79. The zero-order valence-electron chi connectivity index (χ0n) is 33.2. The average molecular weight is 857 g/mol. The number of rotatable bonds is 11. The van der Waals surface area contributed by atoms with Gasteiger partial charge in [0.25, 0.3) is 0 Å². The normalized spacial score (nSPS) is 27.6. The molecule has 10 nitrogen and oxygen atoms in total. The van der Waals surface area contributed by atoms with Crippen molar-refractivity contribution in [3.63, 3.8) is 0 Å². The van der Waals surface area contributed by atoms with Gasteiger partial charge < -0.3 is 29.6 Å². The molecular formula is C35H70AlMgO10P5. The molecule has 52 heavy (non-hydrogen) atoms. The molecule has 5 unspecified atom stereocenters. The van der Waals surface area contributed by atoms with Gasteiger partial charge in [-0.2, -0.15) is 0 Å². The SMILES string of the molecule is CP(=O)([O-])C1CCCCC1.CP(=O)([O-])C1CCCCC1.CP(=O)([O][Al]([O]P(C)(=O)C1CCCCC1)[O]P(C)(=O)C1CCCCC1)C1CCCCC1.[Mg+2]. The van der Waals surface area contributed by atoms with Gasteiger partial charge in [-0.1, -0.05) is 96.3 Å². The van der Waals surface area contributed by atoms with Crippen molar-refractivity contribution in [3.05, 3.63) is 0 Å². The molecule has 0 saturated heterocycles. The van der Waals surface area contributed by atoms with E-state index in [-0.39, 0.29) is 51.3 Å². The van der Waals surface area contributed by atoms with Crippen LogP contribution in [-0.4, -0.2) is 99.8 Å². The molecule has 5 rings (SSSR count). The van der Waals surface area contributed by atoms with Crippen molar-refractivity contribution in [1.82, 2.24) is 0 Å². The molecule has 5 aliphatic carbocycles. The van der Waals surface area contributed by atoms with E-state index in [1.54, 1.807) is 20.0 Å². The van der Waals surface area contributed by atoms with Gasteiger partial charge in [-0.05, 0) is 88.9 Å². The van der Waals surface area contributed by atoms with Crippen molar-refractivity contribution in [2.24, 2.45) is 0 Å². The van der Waals surface area contributed by atoms with E-state index in [9.17, 15) is 32.6 Å². The maximum absolute atomic E-state index is 13.6. The molecule has 0 aromatic heterocycles. The first kappa shape index (κ1) is 50.4. The van der Waals surface area contributed by atoms with Gasteiger partial charge in [-0.3, -0.25) is 13.7 Å². The molecule has 5 fully saturated rings.